The first-order valence-corrected chi connectivity index (χ1v) is 7.36. The van der Waals surface area contributed by atoms with Crippen LogP contribution in [0.15, 0.2) is 53.3 Å². The van der Waals surface area contributed by atoms with Gasteiger partial charge in [-0.15, -0.1) is 0 Å². The van der Waals surface area contributed by atoms with E-state index in [1.165, 1.54) is 6.07 Å². The number of nitrogens with zero attached hydrogens (tertiary/aromatic N) is 2. The summed E-state index contributed by atoms with van der Waals surface area (Å²) < 4.78 is 1.90. The van der Waals surface area contributed by atoms with Crippen LogP contribution in [0.2, 0.25) is 0 Å². The summed E-state index contributed by atoms with van der Waals surface area (Å²) in [6.07, 6.45) is 0.552. The lowest BCUT2D eigenvalue weighted by molar-refractivity contribution is 0.103. The Morgan fingerprint density at radius 1 is 1.17 bits per heavy atom. The molecule has 0 bridgehead atoms. The summed E-state index contributed by atoms with van der Waals surface area (Å²) in [5.74, 6) is 0.00581. The minimum absolute atomic E-state index is 0.00581. The molecule has 23 heavy (non-hydrogen) atoms. The van der Waals surface area contributed by atoms with Crippen molar-refractivity contribution in [1.29, 1.82) is 0 Å². The van der Waals surface area contributed by atoms with Crippen molar-refractivity contribution in [3.8, 4) is 0 Å². The van der Waals surface area contributed by atoms with Crippen molar-refractivity contribution in [1.82, 2.24) is 14.8 Å². The van der Waals surface area contributed by atoms with Crippen LogP contribution in [0.1, 0.15) is 33.0 Å². The van der Waals surface area contributed by atoms with Gasteiger partial charge in [0.05, 0.1) is 11.4 Å². The van der Waals surface area contributed by atoms with Crippen LogP contribution in [0.25, 0.3) is 0 Å². The fraction of sp³-hybridized carbons (Fsp3) is 0.167. The Hall–Kier alpha value is -2.95. The molecule has 116 valence electrons. The molecule has 0 aliphatic carbocycles. The van der Waals surface area contributed by atoms with E-state index >= 15 is 0 Å². The fourth-order valence-corrected chi connectivity index (χ4v) is 2.71. The third-order valence-corrected chi connectivity index (χ3v) is 3.87. The first-order valence-electron chi connectivity index (χ1n) is 7.36. The van der Waals surface area contributed by atoms with Crippen molar-refractivity contribution in [2.24, 2.45) is 7.05 Å². The summed E-state index contributed by atoms with van der Waals surface area (Å²) in [5.41, 5.74) is 3.78. The molecule has 0 radical (unpaired) electrons. The summed E-state index contributed by atoms with van der Waals surface area (Å²) in [4.78, 5) is 23.8. The highest BCUT2D eigenvalue weighted by molar-refractivity contribution is 6.09. The molecule has 0 saturated heterocycles. The van der Waals surface area contributed by atoms with Gasteiger partial charge in [0.25, 0.3) is 5.56 Å². The largest absolute Gasteiger partial charge is 0.344 e. The number of benzene rings is 1. The van der Waals surface area contributed by atoms with Gasteiger partial charge in [0.2, 0.25) is 5.78 Å². The lowest BCUT2D eigenvalue weighted by Gasteiger charge is -2.08. The summed E-state index contributed by atoms with van der Waals surface area (Å²) in [6.45, 7) is 1.93. The molecule has 0 spiro atoms. The number of hydrogen-bond acceptors (Lipinski definition) is 3. The number of rotatable bonds is 4. The normalized spacial score (nSPS) is 10.7. The van der Waals surface area contributed by atoms with Gasteiger partial charge in [0.15, 0.2) is 0 Å². The number of aromatic amines is 1. The van der Waals surface area contributed by atoms with Gasteiger partial charge in [0, 0.05) is 30.8 Å². The zero-order chi connectivity index (χ0) is 16.4. The molecule has 3 aromatic rings. The molecule has 0 saturated carbocycles. The van der Waals surface area contributed by atoms with E-state index in [1.54, 1.807) is 6.07 Å². The van der Waals surface area contributed by atoms with Gasteiger partial charge >= 0.3 is 0 Å². The topological polar surface area (TPSA) is 67.8 Å². The summed E-state index contributed by atoms with van der Waals surface area (Å²) >= 11 is 0. The molecule has 2 heterocycles. The van der Waals surface area contributed by atoms with E-state index in [2.05, 4.69) is 10.2 Å². The molecule has 0 amide bonds. The molecule has 1 N–H and O–H groups in total. The summed E-state index contributed by atoms with van der Waals surface area (Å²) in [7, 11) is 1.88. The molecule has 3 rings (SSSR count). The van der Waals surface area contributed by atoms with Crippen molar-refractivity contribution in [2.75, 3.05) is 0 Å². The Kier molecular flexibility index (Phi) is 3.93. The van der Waals surface area contributed by atoms with E-state index in [4.69, 9.17) is 0 Å². The Morgan fingerprint density at radius 2 is 1.91 bits per heavy atom. The van der Waals surface area contributed by atoms with Crippen LogP contribution in [0.3, 0.4) is 0 Å². The molecule has 5 nitrogen and oxygen atoms in total. The SMILES string of the molecule is Cc1cc(Cc2ccc(=O)[nH]n2)n(C)c1C(=O)c1ccccc1. The van der Waals surface area contributed by atoms with Crippen molar-refractivity contribution < 1.29 is 4.79 Å². The monoisotopic (exact) mass is 307 g/mol. The van der Waals surface area contributed by atoms with E-state index in [9.17, 15) is 9.59 Å². The number of aryl methyl sites for hydroxylation is 1. The van der Waals surface area contributed by atoms with Crippen molar-refractivity contribution >= 4 is 5.78 Å². The Morgan fingerprint density at radius 3 is 2.57 bits per heavy atom. The van der Waals surface area contributed by atoms with E-state index in [1.807, 2.05) is 54.9 Å². The fourth-order valence-electron chi connectivity index (χ4n) is 2.71. The third-order valence-electron chi connectivity index (χ3n) is 3.87. The van der Waals surface area contributed by atoms with Crippen molar-refractivity contribution in [3.05, 3.63) is 87.1 Å². The van der Waals surface area contributed by atoms with Gasteiger partial charge in [-0.1, -0.05) is 30.3 Å². The second kappa shape index (κ2) is 6.04. The Balaban J connectivity index is 1.95. The van der Waals surface area contributed by atoms with Gasteiger partial charge in [-0.25, -0.2) is 5.10 Å². The quantitative estimate of drug-likeness (QED) is 0.752. The van der Waals surface area contributed by atoms with Crippen LogP contribution in [-0.2, 0) is 13.5 Å². The lowest BCUT2D eigenvalue weighted by Crippen LogP contribution is -2.12. The average Bonchev–Trinajstić information content (AvgIpc) is 2.84. The molecular formula is C18H17N3O2. The zero-order valence-corrected chi connectivity index (χ0v) is 13.0. The lowest BCUT2D eigenvalue weighted by atomic mass is 10.1. The van der Waals surface area contributed by atoms with Gasteiger partial charge < -0.3 is 4.57 Å². The van der Waals surface area contributed by atoms with Crippen molar-refractivity contribution in [2.45, 2.75) is 13.3 Å². The number of carbonyl (C=O) groups is 1. The molecule has 5 heteroatoms. The minimum Gasteiger partial charge on any atom is -0.344 e. The number of H-pyrrole nitrogens is 1. The number of carbonyl (C=O) groups excluding carboxylic acids is 1. The number of aromatic nitrogens is 3. The molecule has 0 unspecified atom stereocenters. The van der Waals surface area contributed by atoms with Gasteiger partial charge in [-0.2, -0.15) is 5.10 Å². The smallest absolute Gasteiger partial charge is 0.264 e. The molecule has 0 aliphatic heterocycles. The van der Waals surface area contributed by atoms with E-state index < -0.39 is 0 Å². The molecule has 1 aromatic carbocycles. The highest BCUT2D eigenvalue weighted by Gasteiger charge is 2.18. The molecule has 0 aliphatic rings. The number of nitrogens with one attached hydrogen (secondary N) is 1. The molecule has 2 aromatic heterocycles. The standard InChI is InChI=1S/C18H17N3O2/c1-12-10-15(11-14-8-9-16(22)20-19-14)21(2)17(12)18(23)13-6-4-3-5-7-13/h3-10H,11H2,1-2H3,(H,20,22). The third kappa shape index (κ3) is 2.99. The van der Waals surface area contributed by atoms with Crippen LogP contribution in [0, 0.1) is 6.92 Å². The minimum atomic E-state index is -0.225. The van der Waals surface area contributed by atoms with E-state index in [0.717, 1.165) is 17.0 Å². The number of hydrogen-bond donors (Lipinski definition) is 1. The van der Waals surface area contributed by atoms with Crippen LogP contribution in [0.5, 0.6) is 0 Å². The van der Waals surface area contributed by atoms with Gasteiger partial charge in [0.1, 0.15) is 0 Å². The maximum absolute atomic E-state index is 12.7. The highest BCUT2D eigenvalue weighted by atomic mass is 16.1. The second-order valence-electron chi connectivity index (χ2n) is 5.51. The van der Waals surface area contributed by atoms with Crippen LogP contribution in [0.4, 0.5) is 0 Å². The van der Waals surface area contributed by atoms with Gasteiger partial charge in [-0.05, 0) is 24.6 Å². The van der Waals surface area contributed by atoms with E-state index in [0.29, 0.717) is 17.7 Å². The Labute approximate surface area is 133 Å². The average molecular weight is 307 g/mol. The summed E-state index contributed by atoms with van der Waals surface area (Å²) in [5, 5.41) is 6.45. The maximum Gasteiger partial charge on any atom is 0.264 e. The van der Waals surface area contributed by atoms with Crippen molar-refractivity contribution in [3.63, 3.8) is 0 Å². The van der Waals surface area contributed by atoms with Gasteiger partial charge in [-0.3, -0.25) is 9.59 Å². The Bertz CT molecular complexity index is 887. The van der Waals surface area contributed by atoms with E-state index in [-0.39, 0.29) is 11.3 Å². The van der Waals surface area contributed by atoms with Crippen LogP contribution < -0.4 is 5.56 Å². The first kappa shape index (κ1) is 15.0. The predicted molar refractivity (Wildman–Crippen MR) is 87.7 cm³/mol. The number of ketones is 1. The molecule has 0 atom stereocenters. The molecule has 0 fully saturated rings. The van der Waals surface area contributed by atoms with Crippen LogP contribution >= 0.6 is 0 Å². The predicted octanol–water partition coefficient (Wildman–Crippen LogP) is 2.24. The summed E-state index contributed by atoms with van der Waals surface area (Å²) in [6, 6.07) is 14.4. The van der Waals surface area contributed by atoms with Crippen LogP contribution in [-0.4, -0.2) is 20.5 Å². The zero-order valence-electron chi connectivity index (χ0n) is 13.0. The maximum atomic E-state index is 12.7. The highest BCUT2D eigenvalue weighted by Crippen LogP contribution is 2.19. The first-order chi connectivity index (χ1) is 11.1. The second-order valence-corrected chi connectivity index (χ2v) is 5.51. The molecular weight excluding hydrogens is 290 g/mol.